The number of aromatic hydroxyl groups is 1. The van der Waals surface area contributed by atoms with Crippen LogP contribution in [0.3, 0.4) is 0 Å². The van der Waals surface area contributed by atoms with Gasteiger partial charge in [0, 0.05) is 34.9 Å². The Kier molecular flexibility index (Phi) is 6.69. The molecule has 0 fully saturated rings. The molecule has 0 saturated heterocycles. The van der Waals surface area contributed by atoms with Gasteiger partial charge < -0.3 is 34.3 Å². The second-order valence-corrected chi connectivity index (χ2v) is 9.44. The number of methoxy groups -OCH3 is 2. The first-order valence-corrected chi connectivity index (χ1v) is 12.2. The fourth-order valence-corrected chi connectivity index (χ4v) is 5.31. The number of phenolic OH excluding ortho intramolecular Hbond substituents is 1. The lowest BCUT2D eigenvalue weighted by atomic mass is 9.77. The number of rotatable bonds is 6. The summed E-state index contributed by atoms with van der Waals surface area (Å²) >= 11 is 0. The Morgan fingerprint density at radius 1 is 0.806 bits per heavy atom. The van der Waals surface area contributed by atoms with Crippen molar-refractivity contribution in [3.8, 4) is 28.7 Å². The van der Waals surface area contributed by atoms with Crippen LogP contribution in [0.25, 0.3) is 0 Å². The average molecular weight is 493 g/mol. The van der Waals surface area contributed by atoms with Gasteiger partial charge in [-0.25, -0.2) is 0 Å². The van der Waals surface area contributed by atoms with Crippen LogP contribution < -0.4 is 18.9 Å². The molecular formula is C29H32O7. The molecule has 2 aliphatic rings. The summed E-state index contributed by atoms with van der Waals surface area (Å²) in [4.78, 5) is 0. The van der Waals surface area contributed by atoms with E-state index in [9.17, 15) is 15.3 Å². The van der Waals surface area contributed by atoms with Crippen molar-refractivity contribution in [2.24, 2.45) is 11.8 Å². The van der Waals surface area contributed by atoms with Gasteiger partial charge in [0.15, 0.2) is 0 Å². The second kappa shape index (κ2) is 9.91. The van der Waals surface area contributed by atoms with Crippen LogP contribution >= 0.6 is 0 Å². The average Bonchev–Trinajstić information content (AvgIpc) is 2.89. The van der Waals surface area contributed by atoms with Crippen LogP contribution in [0, 0.1) is 11.8 Å². The van der Waals surface area contributed by atoms with E-state index in [2.05, 4.69) is 0 Å². The molecule has 4 atom stereocenters. The highest BCUT2D eigenvalue weighted by Gasteiger charge is 2.43. The molecule has 36 heavy (non-hydrogen) atoms. The summed E-state index contributed by atoms with van der Waals surface area (Å²) in [5, 5.41) is 33.0. The minimum atomic E-state index is -0.881. The minimum Gasteiger partial charge on any atom is -0.508 e. The second-order valence-electron chi connectivity index (χ2n) is 9.44. The van der Waals surface area contributed by atoms with Crippen LogP contribution in [0.15, 0.2) is 48.5 Å². The number of benzene rings is 3. The molecule has 0 aromatic heterocycles. The molecule has 3 aromatic rings. The SMILES string of the molecule is CCc1ccc(Cc2cc(OC)cc3c2OC[C@H]([C@H]2COc4ccc(OC)cc4[C@@H]2O)[C@@H]3O)cc1O. The number of fused-ring (bicyclic) bond motifs is 2. The van der Waals surface area contributed by atoms with Gasteiger partial charge in [0.2, 0.25) is 0 Å². The molecule has 2 heterocycles. The van der Waals surface area contributed by atoms with Crippen molar-refractivity contribution in [2.75, 3.05) is 27.4 Å². The molecule has 7 nitrogen and oxygen atoms in total. The Bertz CT molecular complexity index is 1250. The third kappa shape index (κ3) is 4.33. The molecule has 190 valence electrons. The molecular weight excluding hydrogens is 460 g/mol. The van der Waals surface area contributed by atoms with Gasteiger partial charge in [-0.1, -0.05) is 19.1 Å². The van der Waals surface area contributed by atoms with E-state index in [1.165, 1.54) is 0 Å². The standard InChI is InChI=1S/C29H32O7/c1-4-17-6-5-16(10-25(17)30)9-18-11-20(34-3)13-22-28(32)24(15-36-29(18)22)23-14-35-26-8-7-19(33-2)12-21(26)27(23)31/h5-8,10-13,23-24,27-28,30-32H,4,9,14-15H2,1-3H3/t23-,24-,27+,28-/m1/s1. The molecule has 0 spiro atoms. The van der Waals surface area contributed by atoms with Crippen LogP contribution in [0.2, 0.25) is 0 Å². The topological polar surface area (TPSA) is 97.6 Å². The monoisotopic (exact) mass is 492 g/mol. The molecule has 0 unspecified atom stereocenters. The molecule has 7 heteroatoms. The predicted octanol–water partition coefficient (Wildman–Crippen LogP) is 4.35. The van der Waals surface area contributed by atoms with Gasteiger partial charge in [-0.15, -0.1) is 0 Å². The van der Waals surface area contributed by atoms with E-state index in [4.69, 9.17) is 18.9 Å². The number of aliphatic hydroxyl groups excluding tert-OH is 2. The highest BCUT2D eigenvalue weighted by molar-refractivity contribution is 5.52. The van der Waals surface area contributed by atoms with Gasteiger partial charge in [0.25, 0.3) is 0 Å². The molecule has 0 amide bonds. The number of hydrogen-bond donors (Lipinski definition) is 3. The Hall–Kier alpha value is -3.42. The molecule has 0 saturated carbocycles. The lowest BCUT2D eigenvalue weighted by Gasteiger charge is -2.40. The Morgan fingerprint density at radius 3 is 2.19 bits per heavy atom. The van der Waals surface area contributed by atoms with Crippen LogP contribution in [0.1, 0.15) is 46.9 Å². The van der Waals surface area contributed by atoms with Crippen LogP contribution in [-0.4, -0.2) is 42.8 Å². The van der Waals surface area contributed by atoms with Gasteiger partial charge in [-0.05, 0) is 53.9 Å². The fraction of sp³-hybridized carbons (Fsp3) is 0.379. The van der Waals surface area contributed by atoms with E-state index in [0.29, 0.717) is 40.5 Å². The summed E-state index contributed by atoms with van der Waals surface area (Å²) in [7, 11) is 3.17. The number of aryl methyl sites for hydroxylation is 1. The molecule has 5 rings (SSSR count). The van der Waals surface area contributed by atoms with Crippen LogP contribution in [-0.2, 0) is 12.8 Å². The van der Waals surface area contributed by atoms with Gasteiger partial charge in [-0.3, -0.25) is 0 Å². The van der Waals surface area contributed by atoms with Crippen molar-refractivity contribution in [2.45, 2.75) is 32.0 Å². The Morgan fingerprint density at radius 2 is 1.50 bits per heavy atom. The molecule has 0 radical (unpaired) electrons. The smallest absolute Gasteiger partial charge is 0.128 e. The number of ether oxygens (including phenoxy) is 4. The summed E-state index contributed by atoms with van der Waals surface area (Å²) < 4.78 is 23.0. The van der Waals surface area contributed by atoms with Gasteiger partial charge in [-0.2, -0.15) is 0 Å². The third-order valence-corrected chi connectivity index (χ3v) is 7.40. The zero-order valence-electron chi connectivity index (χ0n) is 20.7. The fourth-order valence-electron chi connectivity index (χ4n) is 5.31. The first-order valence-electron chi connectivity index (χ1n) is 12.2. The molecule has 3 aromatic carbocycles. The van der Waals surface area contributed by atoms with Crippen molar-refractivity contribution >= 4 is 0 Å². The molecule has 3 N–H and O–H groups in total. The molecule has 0 aliphatic carbocycles. The van der Waals surface area contributed by atoms with Crippen molar-refractivity contribution in [1.29, 1.82) is 0 Å². The summed E-state index contributed by atoms with van der Waals surface area (Å²) in [6.45, 7) is 2.50. The summed E-state index contributed by atoms with van der Waals surface area (Å²) in [5.41, 5.74) is 3.96. The lowest BCUT2D eigenvalue weighted by molar-refractivity contribution is -0.0554. The first kappa shape index (κ1) is 24.3. The normalized spacial score (nSPS) is 22.6. The van der Waals surface area contributed by atoms with E-state index in [1.54, 1.807) is 44.6 Å². The number of aliphatic hydroxyl groups is 2. The lowest BCUT2D eigenvalue weighted by Crippen LogP contribution is -2.40. The summed E-state index contributed by atoms with van der Waals surface area (Å²) in [6, 6.07) is 14.7. The Labute approximate surface area is 210 Å². The zero-order chi connectivity index (χ0) is 25.4. The van der Waals surface area contributed by atoms with E-state index < -0.39 is 12.2 Å². The van der Waals surface area contributed by atoms with Crippen molar-refractivity contribution in [3.63, 3.8) is 0 Å². The maximum atomic E-state index is 11.5. The quantitative estimate of drug-likeness (QED) is 0.471. The third-order valence-electron chi connectivity index (χ3n) is 7.40. The highest BCUT2D eigenvalue weighted by atomic mass is 16.5. The van der Waals surface area contributed by atoms with Crippen molar-refractivity contribution < 1.29 is 34.3 Å². The number of phenols is 1. The molecule has 0 bridgehead atoms. The van der Waals surface area contributed by atoms with Crippen LogP contribution in [0.4, 0.5) is 0 Å². The minimum absolute atomic E-state index is 0.234. The van der Waals surface area contributed by atoms with Gasteiger partial charge in [0.1, 0.15) is 28.7 Å². The Balaban J connectivity index is 1.45. The van der Waals surface area contributed by atoms with E-state index in [1.807, 2.05) is 25.1 Å². The maximum Gasteiger partial charge on any atom is 0.128 e. The van der Waals surface area contributed by atoms with E-state index in [0.717, 1.165) is 23.1 Å². The van der Waals surface area contributed by atoms with Crippen molar-refractivity contribution in [3.05, 3.63) is 76.3 Å². The number of hydrogen-bond acceptors (Lipinski definition) is 7. The maximum absolute atomic E-state index is 11.5. The molecule has 2 aliphatic heterocycles. The highest BCUT2D eigenvalue weighted by Crippen LogP contribution is 2.48. The van der Waals surface area contributed by atoms with Gasteiger partial charge in [0.05, 0.1) is 39.6 Å². The summed E-state index contributed by atoms with van der Waals surface area (Å²) in [6.07, 6.45) is -0.449. The van der Waals surface area contributed by atoms with Gasteiger partial charge >= 0.3 is 0 Å². The van der Waals surface area contributed by atoms with E-state index >= 15 is 0 Å². The van der Waals surface area contributed by atoms with E-state index in [-0.39, 0.29) is 30.8 Å². The van der Waals surface area contributed by atoms with Crippen LogP contribution in [0.5, 0.6) is 28.7 Å². The predicted molar refractivity (Wildman–Crippen MR) is 134 cm³/mol. The largest absolute Gasteiger partial charge is 0.508 e. The summed E-state index contributed by atoms with van der Waals surface area (Å²) in [5.74, 6) is 1.99. The van der Waals surface area contributed by atoms with Crippen molar-refractivity contribution in [1.82, 2.24) is 0 Å². The first-order chi connectivity index (χ1) is 17.4. The zero-order valence-corrected chi connectivity index (χ0v) is 20.7.